The number of hydrogen-bond acceptors (Lipinski definition) is 5. The summed E-state index contributed by atoms with van der Waals surface area (Å²) in [6, 6.07) is 5.43. The molecule has 0 radical (unpaired) electrons. The third kappa shape index (κ3) is 2.98. The van der Waals surface area contributed by atoms with Gasteiger partial charge in [0, 0.05) is 40.3 Å². The number of piperidine rings is 1. The number of aromatic nitrogens is 3. The summed E-state index contributed by atoms with van der Waals surface area (Å²) in [6.45, 7) is 8.32. The molecule has 30 heavy (non-hydrogen) atoms. The summed E-state index contributed by atoms with van der Waals surface area (Å²) in [6.07, 6.45) is 8.15. The number of hydrogen-bond donors (Lipinski definition) is 2. The van der Waals surface area contributed by atoms with Gasteiger partial charge < -0.3 is 10.4 Å². The van der Waals surface area contributed by atoms with Crippen molar-refractivity contribution in [1.29, 1.82) is 0 Å². The Morgan fingerprint density at radius 3 is 2.77 bits per heavy atom. The summed E-state index contributed by atoms with van der Waals surface area (Å²) in [4.78, 5) is 13.1. The van der Waals surface area contributed by atoms with Gasteiger partial charge in [0.2, 0.25) is 0 Å². The molecule has 5 nitrogen and oxygen atoms in total. The molecule has 2 aromatic heterocycles. The maximum Gasteiger partial charge on any atom is 0.125 e. The monoisotopic (exact) mass is 404 g/mol. The fourth-order valence-electron chi connectivity index (χ4n) is 5.19. The van der Waals surface area contributed by atoms with Crippen molar-refractivity contribution in [2.75, 3.05) is 0 Å². The van der Waals surface area contributed by atoms with Gasteiger partial charge >= 0.3 is 0 Å². The average Bonchev–Trinajstić information content (AvgIpc) is 3.02. The molecular formula is C24H25FN4O. The number of phenols is 1. The van der Waals surface area contributed by atoms with Crippen LogP contribution in [0.15, 0.2) is 49.6 Å². The van der Waals surface area contributed by atoms with Crippen LogP contribution in [-0.2, 0) is 0 Å². The van der Waals surface area contributed by atoms with Crippen molar-refractivity contribution in [2.45, 2.75) is 50.4 Å². The lowest BCUT2D eigenvalue weighted by Gasteiger charge is -2.45. The largest absolute Gasteiger partial charge is 0.507 e. The summed E-state index contributed by atoms with van der Waals surface area (Å²) >= 11 is 0. The number of pyridine rings is 1. The fourth-order valence-corrected chi connectivity index (χ4v) is 5.19. The van der Waals surface area contributed by atoms with E-state index in [4.69, 9.17) is 0 Å². The van der Waals surface area contributed by atoms with Crippen molar-refractivity contribution in [3.05, 3.63) is 55.3 Å². The zero-order valence-electron chi connectivity index (χ0n) is 17.2. The van der Waals surface area contributed by atoms with E-state index in [9.17, 15) is 5.11 Å². The highest BCUT2D eigenvalue weighted by atomic mass is 19.1. The Morgan fingerprint density at radius 1 is 1.17 bits per heavy atom. The molecular weight excluding hydrogens is 379 g/mol. The molecule has 1 aromatic carbocycles. The van der Waals surface area contributed by atoms with E-state index in [1.54, 1.807) is 30.9 Å². The first-order valence-electron chi connectivity index (χ1n) is 10.3. The van der Waals surface area contributed by atoms with Crippen molar-refractivity contribution in [3.63, 3.8) is 0 Å². The maximum atomic E-state index is 15.4. The molecule has 3 aromatic rings. The molecule has 2 saturated heterocycles. The lowest BCUT2D eigenvalue weighted by Crippen LogP contribution is -2.60. The smallest absolute Gasteiger partial charge is 0.125 e. The van der Waals surface area contributed by atoms with Gasteiger partial charge in [-0.1, -0.05) is 6.58 Å². The molecule has 6 heteroatoms. The third-order valence-corrected chi connectivity index (χ3v) is 6.88. The molecule has 2 fully saturated rings. The Labute approximate surface area is 175 Å². The highest BCUT2D eigenvalue weighted by molar-refractivity contribution is 5.89. The number of phenolic OH excluding ortho intramolecular Hbond substituents is 1. The van der Waals surface area contributed by atoms with Gasteiger partial charge in [-0.15, -0.1) is 0 Å². The minimum absolute atomic E-state index is 0.0654. The number of halogens is 1. The van der Waals surface area contributed by atoms with Crippen LogP contribution in [0.1, 0.15) is 38.8 Å². The number of benzene rings is 1. The van der Waals surface area contributed by atoms with E-state index < -0.39 is 11.7 Å². The van der Waals surface area contributed by atoms with Crippen LogP contribution in [0.4, 0.5) is 4.39 Å². The Morgan fingerprint density at radius 2 is 2.00 bits per heavy atom. The predicted molar refractivity (Wildman–Crippen MR) is 116 cm³/mol. The number of nitrogens with one attached hydrogen (secondary N) is 1. The van der Waals surface area contributed by atoms with Crippen LogP contribution in [-0.4, -0.2) is 37.3 Å². The lowest BCUT2D eigenvalue weighted by atomic mass is 9.75. The van der Waals surface area contributed by atoms with E-state index >= 15 is 4.39 Å². The standard InChI is InChI=1S/C24H25FN4O/c1-14(18-10-23(2)5-6-24(3,29-23)22(18)25)19-12-28-20(13-27-19)17-8-15-4-7-26-11-16(15)9-21(17)30/h4,7-9,11-13,18,22,29-30H,1,5-6,10H2,2-3H3/t18-,22-,23+,24-/m1/s1. The Bertz CT molecular complexity index is 1150. The number of allylic oxidation sites excluding steroid dienone is 1. The van der Waals surface area contributed by atoms with E-state index in [0.29, 0.717) is 28.9 Å². The van der Waals surface area contributed by atoms with Crippen LogP contribution < -0.4 is 5.32 Å². The second-order valence-corrected chi connectivity index (χ2v) is 9.22. The van der Waals surface area contributed by atoms with Crippen molar-refractivity contribution in [3.8, 4) is 17.0 Å². The van der Waals surface area contributed by atoms with Gasteiger partial charge in [-0.2, -0.15) is 0 Å². The molecule has 0 amide bonds. The molecule has 2 N–H and O–H groups in total. The van der Waals surface area contributed by atoms with E-state index in [-0.39, 0.29) is 17.2 Å². The Hall–Kier alpha value is -2.86. The first kappa shape index (κ1) is 19.1. The quantitative estimate of drug-likeness (QED) is 0.664. The average molecular weight is 404 g/mol. The van der Waals surface area contributed by atoms with Crippen LogP contribution in [0.2, 0.25) is 0 Å². The SMILES string of the molecule is C=C(c1cnc(-c2cc3ccncc3cc2O)cn1)[C@H]1C[C@]2(C)CC[C@@](C)(N2)[C@@H]1F. The van der Waals surface area contributed by atoms with Crippen molar-refractivity contribution in [1.82, 2.24) is 20.3 Å². The highest BCUT2D eigenvalue weighted by Crippen LogP contribution is 2.49. The van der Waals surface area contributed by atoms with Gasteiger partial charge in [-0.3, -0.25) is 15.0 Å². The number of fused-ring (bicyclic) bond motifs is 3. The van der Waals surface area contributed by atoms with Crippen LogP contribution in [0.3, 0.4) is 0 Å². The molecule has 154 valence electrons. The van der Waals surface area contributed by atoms with Crippen LogP contribution >= 0.6 is 0 Å². The number of nitrogens with zero attached hydrogens (tertiary/aromatic N) is 3. The molecule has 0 saturated carbocycles. The van der Waals surface area contributed by atoms with E-state index in [0.717, 1.165) is 23.6 Å². The predicted octanol–water partition coefficient (Wildman–Crippen LogP) is 4.67. The van der Waals surface area contributed by atoms with Gasteiger partial charge in [0.05, 0.1) is 23.8 Å². The van der Waals surface area contributed by atoms with Gasteiger partial charge in [-0.25, -0.2) is 4.39 Å². The Kier molecular flexibility index (Phi) is 4.19. The molecule has 0 spiro atoms. The van der Waals surface area contributed by atoms with Crippen molar-refractivity contribution < 1.29 is 9.50 Å². The zero-order valence-corrected chi connectivity index (χ0v) is 17.2. The molecule has 0 aliphatic carbocycles. The van der Waals surface area contributed by atoms with Crippen LogP contribution in [0.5, 0.6) is 5.75 Å². The highest BCUT2D eigenvalue weighted by Gasteiger charge is 2.55. The second-order valence-electron chi connectivity index (χ2n) is 9.22. The molecule has 0 unspecified atom stereocenters. The normalized spacial score (nSPS) is 30.5. The van der Waals surface area contributed by atoms with E-state index in [1.807, 2.05) is 19.1 Å². The van der Waals surface area contributed by atoms with Crippen molar-refractivity contribution >= 4 is 16.3 Å². The number of aromatic hydroxyl groups is 1. The molecule has 2 aliphatic heterocycles. The first-order chi connectivity index (χ1) is 14.3. The van der Waals surface area contributed by atoms with Gasteiger partial charge in [0.25, 0.3) is 0 Å². The van der Waals surface area contributed by atoms with Crippen LogP contribution in [0, 0.1) is 5.92 Å². The second kappa shape index (κ2) is 6.57. The topological polar surface area (TPSA) is 70.9 Å². The summed E-state index contributed by atoms with van der Waals surface area (Å²) in [7, 11) is 0. The summed E-state index contributed by atoms with van der Waals surface area (Å²) < 4.78 is 15.4. The summed E-state index contributed by atoms with van der Waals surface area (Å²) in [5, 5.41) is 15.7. The molecule has 2 aliphatic rings. The summed E-state index contributed by atoms with van der Waals surface area (Å²) in [5.41, 5.74) is 1.87. The third-order valence-electron chi connectivity index (χ3n) is 6.88. The molecule has 2 bridgehead atoms. The van der Waals surface area contributed by atoms with E-state index in [2.05, 4.69) is 33.8 Å². The maximum absolute atomic E-state index is 15.4. The van der Waals surface area contributed by atoms with Gasteiger partial charge in [0.15, 0.2) is 0 Å². The minimum Gasteiger partial charge on any atom is -0.507 e. The Balaban J connectivity index is 1.44. The summed E-state index contributed by atoms with van der Waals surface area (Å²) in [5.74, 6) is -0.165. The first-order valence-corrected chi connectivity index (χ1v) is 10.3. The lowest BCUT2D eigenvalue weighted by molar-refractivity contribution is 0.0770. The van der Waals surface area contributed by atoms with Crippen LogP contribution in [0.25, 0.3) is 27.6 Å². The zero-order chi connectivity index (χ0) is 21.1. The number of rotatable bonds is 3. The molecule has 5 rings (SSSR count). The fraction of sp³-hybridized carbons (Fsp3) is 0.375. The van der Waals surface area contributed by atoms with E-state index in [1.165, 1.54) is 0 Å². The minimum atomic E-state index is -1.01. The number of alkyl halides is 1. The van der Waals surface area contributed by atoms with Crippen molar-refractivity contribution in [2.24, 2.45) is 5.92 Å². The van der Waals surface area contributed by atoms with Gasteiger partial charge in [-0.05, 0) is 62.3 Å². The van der Waals surface area contributed by atoms with Gasteiger partial charge in [0.1, 0.15) is 11.9 Å². The molecule has 4 atom stereocenters. The molecule has 4 heterocycles.